The van der Waals surface area contributed by atoms with Gasteiger partial charge in [-0.2, -0.15) is 0 Å². The van der Waals surface area contributed by atoms with Gasteiger partial charge in [0.25, 0.3) is 0 Å². The predicted octanol–water partition coefficient (Wildman–Crippen LogP) is 1.21. The maximum absolute atomic E-state index is 11.9. The number of nitrogens with one attached hydrogen (secondary N) is 1. The van der Waals surface area contributed by atoms with E-state index in [1.807, 2.05) is 6.92 Å². The summed E-state index contributed by atoms with van der Waals surface area (Å²) in [6, 6.07) is -0.400. The highest BCUT2D eigenvalue weighted by Gasteiger charge is 2.23. The Hall–Kier alpha value is -2.19. The van der Waals surface area contributed by atoms with E-state index in [0.29, 0.717) is 12.2 Å². The summed E-state index contributed by atoms with van der Waals surface area (Å²) in [5.74, 6) is 0.117. The Labute approximate surface area is 129 Å². The van der Waals surface area contributed by atoms with Gasteiger partial charge in [-0.3, -0.25) is 4.79 Å². The number of rotatable bonds is 6. The number of nitrogens with zero attached hydrogens (tertiary/aromatic N) is 4. The molecule has 0 aromatic carbocycles. The minimum atomic E-state index is -0.584. The Kier molecular flexibility index (Phi) is 6.26. The number of carbonyl (C=O) groups is 2. The molecule has 1 amide bonds. The summed E-state index contributed by atoms with van der Waals surface area (Å²) < 4.78 is 11.3. The minimum Gasteiger partial charge on any atom is -0.469 e. The molecular formula is C13H23N5O4. The standard InChI is InChI=1S/C13H23N5O4/c1-6-9(14-12(20)22-13(2,3)4)11-15-16-17-18(11)8-7-10(19)21-5/h9H,6-8H2,1-5H3,(H,14,20)/t9-/m1/s1. The number of tetrazole rings is 1. The van der Waals surface area contributed by atoms with Gasteiger partial charge in [-0.25, -0.2) is 9.48 Å². The van der Waals surface area contributed by atoms with Gasteiger partial charge >= 0.3 is 12.1 Å². The molecule has 0 saturated carbocycles. The normalized spacial score (nSPS) is 12.6. The summed E-state index contributed by atoms with van der Waals surface area (Å²) in [5, 5.41) is 14.1. The molecule has 0 aliphatic rings. The monoisotopic (exact) mass is 313 g/mol. The molecule has 0 unspecified atom stereocenters. The third kappa shape index (κ3) is 5.66. The van der Waals surface area contributed by atoms with Crippen molar-refractivity contribution in [3.63, 3.8) is 0 Å². The van der Waals surface area contributed by atoms with Crippen LogP contribution in [0.5, 0.6) is 0 Å². The molecule has 1 rings (SSSR count). The lowest BCUT2D eigenvalue weighted by atomic mass is 10.2. The average Bonchev–Trinajstić information content (AvgIpc) is 2.88. The van der Waals surface area contributed by atoms with Gasteiger partial charge in [-0.05, 0) is 37.6 Å². The van der Waals surface area contributed by atoms with E-state index in [-0.39, 0.29) is 18.9 Å². The second kappa shape index (κ2) is 7.71. The van der Waals surface area contributed by atoms with E-state index in [2.05, 4.69) is 25.6 Å². The summed E-state index contributed by atoms with van der Waals surface area (Å²) in [6.45, 7) is 7.53. The summed E-state index contributed by atoms with van der Waals surface area (Å²) in [7, 11) is 1.32. The molecule has 0 spiro atoms. The first-order chi connectivity index (χ1) is 10.3. The van der Waals surface area contributed by atoms with Crippen molar-refractivity contribution < 1.29 is 19.1 Å². The molecule has 0 bridgehead atoms. The van der Waals surface area contributed by atoms with Crippen LogP contribution in [0.2, 0.25) is 0 Å². The molecule has 1 heterocycles. The van der Waals surface area contributed by atoms with Gasteiger partial charge in [0.15, 0.2) is 5.82 Å². The van der Waals surface area contributed by atoms with E-state index in [9.17, 15) is 9.59 Å². The molecule has 1 N–H and O–H groups in total. The quantitative estimate of drug-likeness (QED) is 0.786. The van der Waals surface area contributed by atoms with Crippen molar-refractivity contribution in [1.29, 1.82) is 0 Å². The number of amides is 1. The molecular weight excluding hydrogens is 290 g/mol. The Balaban J connectivity index is 2.73. The fourth-order valence-electron chi connectivity index (χ4n) is 1.72. The van der Waals surface area contributed by atoms with Gasteiger partial charge in [-0.1, -0.05) is 6.92 Å². The van der Waals surface area contributed by atoms with Crippen LogP contribution < -0.4 is 5.32 Å². The van der Waals surface area contributed by atoms with E-state index in [4.69, 9.17) is 4.74 Å². The van der Waals surface area contributed by atoms with Crippen molar-refractivity contribution in [2.24, 2.45) is 0 Å². The Morgan fingerprint density at radius 2 is 2.05 bits per heavy atom. The fraction of sp³-hybridized carbons (Fsp3) is 0.769. The Bertz CT molecular complexity index is 509. The van der Waals surface area contributed by atoms with Gasteiger partial charge in [0.2, 0.25) is 0 Å². The number of alkyl carbamates (subject to hydrolysis) is 1. The molecule has 0 aliphatic heterocycles. The number of esters is 1. The molecule has 0 saturated heterocycles. The smallest absolute Gasteiger partial charge is 0.408 e. The van der Waals surface area contributed by atoms with Crippen LogP contribution in [-0.4, -0.2) is 45.0 Å². The van der Waals surface area contributed by atoms with E-state index in [1.165, 1.54) is 11.8 Å². The summed E-state index contributed by atoms with van der Waals surface area (Å²) >= 11 is 0. The number of carbonyl (C=O) groups excluding carboxylic acids is 2. The van der Waals surface area contributed by atoms with Gasteiger partial charge in [0.1, 0.15) is 5.60 Å². The van der Waals surface area contributed by atoms with Crippen LogP contribution in [0.1, 0.15) is 52.4 Å². The Morgan fingerprint density at radius 3 is 2.59 bits per heavy atom. The van der Waals surface area contributed by atoms with Crippen molar-refractivity contribution in [1.82, 2.24) is 25.5 Å². The van der Waals surface area contributed by atoms with Crippen LogP contribution in [0.15, 0.2) is 0 Å². The zero-order valence-electron chi connectivity index (χ0n) is 13.6. The van der Waals surface area contributed by atoms with E-state index in [0.717, 1.165) is 0 Å². The third-order valence-corrected chi connectivity index (χ3v) is 2.73. The van der Waals surface area contributed by atoms with E-state index >= 15 is 0 Å². The van der Waals surface area contributed by atoms with Crippen molar-refractivity contribution in [3.8, 4) is 0 Å². The number of hydrogen-bond donors (Lipinski definition) is 1. The van der Waals surface area contributed by atoms with Crippen molar-refractivity contribution in [2.75, 3.05) is 7.11 Å². The first kappa shape index (κ1) is 17.9. The fourth-order valence-corrected chi connectivity index (χ4v) is 1.72. The second-order valence-corrected chi connectivity index (χ2v) is 5.69. The number of hydrogen-bond acceptors (Lipinski definition) is 7. The van der Waals surface area contributed by atoms with Gasteiger partial charge in [0.05, 0.1) is 26.1 Å². The van der Waals surface area contributed by atoms with E-state index < -0.39 is 17.7 Å². The second-order valence-electron chi connectivity index (χ2n) is 5.69. The molecule has 22 heavy (non-hydrogen) atoms. The van der Waals surface area contributed by atoms with Crippen molar-refractivity contribution in [3.05, 3.63) is 5.82 Å². The molecule has 1 aromatic rings. The van der Waals surface area contributed by atoms with Crippen molar-refractivity contribution >= 4 is 12.1 Å². The number of aryl methyl sites for hydroxylation is 1. The number of aromatic nitrogens is 4. The lowest BCUT2D eigenvalue weighted by Gasteiger charge is -2.22. The molecule has 0 fully saturated rings. The largest absolute Gasteiger partial charge is 0.469 e. The SMILES string of the molecule is CC[C@@H](NC(=O)OC(C)(C)C)c1nnnn1CCC(=O)OC. The highest BCUT2D eigenvalue weighted by molar-refractivity contribution is 5.69. The molecule has 1 aromatic heterocycles. The zero-order chi connectivity index (χ0) is 16.8. The van der Waals surface area contributed by atoms with Crippen LogP contribution in [0.3, 0.4) is 0 Å². The molecule has 9 nitrogen and oxygen atoms in total. The van der Waals surface area contributed by atoms with Crippen molar-refractivity contribution in [2.45, 2.75) is 58.7 Å². The maximum atomic E-state index is 11.9. The van der Waals surface area contributed by atoms with Crippen LogP contribution in [0, 0.1) is 0 Å². The van der Waals surface area contributed by atoms with Crippen LogP contribution in [0.25, 0.3) is 0 Å². The first-order valence-electron chi connectivity index (χ1n) is 7.09. The van der Waals surface area contributed by atoms with Crippen LogP contribution in [0.4, 0.5) is 4.79 Å². The molecule has 0 aliphatic carbocycles. The van der Waals surface area contributed by atoms with Crippen LogP contribution >= 0.6 is 0 Å². The minimum absolute atomic E-state index is 0.150. The number of ether oxygens (including phenoxy) is 2. The molecule has 9 heteroatoms. The highest BCUT2D eigenvalue weighted by Crippen LogP contribution is 2.15. The predicted molar refractivity (Wildman–Crippen MR) is 76.9 cm³/mol. The molecule has 0 radical (unpaired) electrons. The Morgan fingerprint density at radius 1 is 1.36 bits per heavy atom. The number of methoxy groups -OCH3 is 1. The summed E-state index contributed by atoms with van der Waals surface area (Å²) in [6.07, 6.45) is 0.191. The van der Waals surface area contributed by atoms with Gasteiger partial charge < -0.3 is 14.8 Å². The summed E-state index contributed by atoms with van der Waals surface area (Å²) in [5.41, 5.74) is -0.584. The average molecular weight is 313 g/mol. The lowest BCUT2D eigenvalue weighted by Crippen LogP contribution is -2.36. The molecule has 124 valence electrons. The maximum Gasteiger partial charge on any atom is 0.408 e. The highest BCUT2D eigenvalue weighted by atomic mass is 16.6. The third-order valence-electron chi connectivity index (χ3n) is 2.73. The summed E-state index contributed by atoms with van der Waals surface area (Å²) in [4.78, 5) is 23.1. The molecule has 1 atom stereocenters. The van der Waals surface area contributed by atoms with Crippen LogP contribution in [-0.2, 0) is 20.8 Å². The van der Waals surface area contributed by atoms with E-state index in [1.54, 1.807) is 20.8 Å². The zero-order valence-corrected chi connectivity index (χ0v) is 13.6. The lowest BCUT2D eigenvalue weighted by molar-refractivity contribution is -0.140. The first-order valence-corrected chi connectivity index (χ1v) is 7.09. The topological polar surface area (TPSA) is 108 Å². The van der Waals surface area contributed by atoms with Gasteiger partial charge in [0, 0.05) is 0 Å². The van der Waals surface area contributed by atoms with Gasteiger partial charge in [-0.15, -0.1) is 5.10 Å².